The topological polar surface area (TPSA) is 67.3 Å². The van der Waals surface area contributed by atoms with Crippen LogP contribution < -0.4 is 10.1 Å². The highest BCUT2D eigenvalue weighted by Gasteiger charge is 2.11. The fourth-order valence-electron chi connectivity index (χ4n) is 2.19. The number of phenols is 1. The standard InChI is InChI=1S/C18H13ClFN3O2/c1-2-3-6-25-17-8-12-15(9-16(17)24)21-10-22-18(12)23-11-4-5-14(20)13(19)7-11/h3-5,7-10,24H,1,6H2,(H,21,22,23). The molecule has 0 aliphatic carbocycles. The van der Waals surface area contributed by atoms with Crippen molar-refractivity contribution in [3.05, 3.63) is 65.9 Å². The van der Waals surface area contributed by atoms with Crippen LogP contribution in [0, 0.1) is 5.82 Å². The summed E-state index contributed by atoms with van der Waals surface area (Å²) in [5.74, 6) is 0.195. The minimum absolute atomic E-state index is 0.00115. The lowest BCUT2D eigenvalue weighted by molar-refractivity contribution is 0.337. The van der Waals surface area contributed by atoms with Crippen LogP contribution in [0.3, 0.4) is 0 Å². The number of rotatable bonds is 5. The highest BCUT2D eigenvalue weighted by molar-refractivity contribution is 6.31. The van der Waals surface area contributed by atoms with Gasteiger partial charge in [-0.15, -0.1) is 5.73 Å². The Kier molecular flexibility index (Phi) is 4.84. The van der Waals surface area contributed by atoms with Gasteiger partial charge in [0.1, 0.15) is 24.6 Å². The summed E-state index contributed by atoms with van der Waals surface area (Å²) in [6.45, 7) is 3.66. The van der Waals surface area contributed by atoms with Crippen LogP contribution >= 0.6 is 11.6 Å². The monoisotopic (exact) mass is 357 g/mol. The molecule has 0 fully saturated rings. The lowest BCUT2D eigenvalue weighted by Gasteiger charge is -2.11. The normalized spacial score (nSPS) is 10.3. The summed E-state index contributed by atoms with van der Waals surface area (Å²) in [5.41, 5.74) is 3.68. The Balaban J connectivity index is 2.00. The lowest BCUT2D eigenvalue weighted by atomic mass is 10.2. The Hall–Kier alpha value is -3.08. The number of anilines is 2. The number of phenolic OH excluding ortho intramolecular Hbond substituents is 1. The molecule has 0 aliphatic heterocycles. The lowest BCUT2D eigenvalue weighted by Crippen LogP contribution is -1.98. The van der Waals surface area contributed by atoms with Crippen LogP contribution in [0.1, 0.15) is 0 Å². The summed E-state index contributed by atoms with van der Waals surface area (Å²) in [6.07, 6.45) is 2.95. The third-order valence-corrected chi connectivity index (χ3v) is 3.65. The van der Waals surface area contributed by atoms with Crippen LogP contribution in [-0.4, -0.2) is 21.7 Å². The molecule has 0 unspecified atom stereocenters. The number of benzene rings is 2. The Morgan fingerprint density at radius 2 is 2.16 bits per heavy atom. The first-order chi connectivity index (χ1) is 12.1. The van der Waals surface area contributed by atoms with Crippen molar-refractivity contribution in [2.24, 2.45) is 0 Å². The van der Waals surface area contributed by atoms with Gasteiger partial charge < -0.3 is 15.2 Å². The summed E-state index contributed by atoms with van der Waals surface area (Å²) >= 11 is 5.80. The third-order valence-electron chi connectivity index (χ3n) is 3.36. The van der Waals surface area contributed by atoms with E-state index in [1.165, 1.54) is 24.5 Å². The number of hydrogen-bond donors (Lipinski definition) is 2. The SMILES string of the molecule is C=C=CCOc1cc2c(Nc3ccc(F)c(Cl)c3)ncnc2cc1O. The van der Waals surface area contributed by atoms with Crippen LogP contribution in [0.5, 0.6) is 11.5 Å². The molecule has 25 heavy (non-hydrogen) atoms. The number of fused-ring (bicyclic) bond motifs is 1. The fourth-order valence-corrected chi connectivity index (χ4v) is 2.37. The zero-order valence-electron chi connectivity index (χ0n) is 13.0. The molecule has 3 aromatic rings. The zero-order chi connectivity index (χ0) is 17.8. The second-order valence-corrected chi connectivity index (χ2v) is 5.44. The molecule has 0 radical (unpaired) electrons. The number of nitrogens with zero attached hydrogens (tertiary/aromatic N) is 2. The molecule has 0 amide bonds. The van der Waals surface area contributed by atoms with Crippen molar-refractivity contribution in [1.82, 2.24) is 9.97 Å². The van der Waals surface area contributed by atoms with Gasteiger partial charge in [-0.25, -0.2) is 14.4 Å². The van der Waals surface area contributed by atoms with E-state index in [2.05, 4.69) is 27.6 Å². The number of aromatic nitrogens is 2. The molecule has 5 nitrogen and oxygen atoms in total. The average Bonchev–Trinajstić information content (AvgIpc) is 2.59. The largest absolute Gasteiger partial charge is 0.504 e. The van der Waals surface area contributed by atoms with Gasteiger partial charge in [0.25, 0.3) is 0 Å². The molecule has 0 spiro atoms. The van der Waals surface area contributed by atoms with Gasteiger partial charge >= 0.3 is 0 Å². The maximum absolute atomic E-state index is 13.3. The molecule has 126 valence electrons. The number of ether oxygens (including phenoxy) is 1. The number of aromatic hydroxyl groups is 1. The Morgan fingerprint density at radius 3 is 2.92 bits per heavy atom. The third kappa shape index (κ3) is 3.71. The molecule has 0 saturated heterocycles. The number of hydrogen-bond acceptors (Lipinski definition) is 5. The van der Waals surface area contributed by atoms with E-state index in [1.54, 1.807) is 18.2 Å². The fraction of sp³-hybridized carbons (Fsp3) is 0.0556. The predicted octanol–water partition coefficient (Wildman–Crippen LogP) is 4.59. The smallest absolute Gasteiger partial charge is 0.162 e. The Labute approximate surface area is 148 Å². The van der Waals surface area contributed by atoms with Crippen molar-refractivity contribution in [1.29, 1.82) is 0 Å². The zero-order valence-corrected chi connectivity index (χ0v) is 13.7. The molecule has 3 rings (SSSR count). The highest BCUT2D eigenvalue weighted by atomic mass is 35.5. The molecule has 2 aromatic carbocycles. The summed E-state index contributed by atoms with van der Waals surface area (Å²) < 4.78 is 18.8. The van der Waals surface area contributed by atoms with Gasteiger partial charge in [0.15, 0.2) is 11.5 Å². The van der Waals surface area contributed by atoms with Gasteiger partial charge in [-0.1, -0.05) is 18.2 Å². The van der Waals surface area contributed by atoms with Crippen molar-refractivity contribution >= 4 is 34.0 Å². The van der Waals surface area contributed by atoms with Gasteiger partial charge in [-0.2, -0.15) is 0 Å². The molecule has 0 aliphatic rings. The second-order valence-electron chi connectivity index (χ2n) is 5.03. The van der Waals surface area contributed by atoms with Crippen LogP contribution in [0.25, 0.3) is 10.9 Å². The number of nitrogens with one attached hydrogen (secondary N) is 1. The van der Waals surface area contributed by atoms with Crippen molar-refractivity contribution in [2.75, 3.05) is 11.9 Å². The van der Waals surface area contributed by atoms with Crippen molar-refractivity contribution in [3.8, 4) is 11.5 Å². The summed E-state index contributed by atoms with van der Waals surface area (Å²) in [5, 5.41) is 13.7. The maximum atomic E-state index is 13.3. The minimum atomic E-state index is -0.504. The van der Waals surface area contributed by atoms with Crippen molar-refractivity contribution in [3.63, 3.8) is 0 Å². The van der Waals surface area contributed by atoms with Gasteiger partial charge in [0.05, 0.1) is 10.5 Å². The van der Waals surface area contributed by atoms with Crippen molar-refractivity contribution in [2.45, 2.75) is 0 Å². The summed E-state index contributed by atoms with van der Waals surface area (Å²) in [4.78, 5) is 8.33. The maximum Gasteiger partial charge on any atom is 0.162 e. The highest BCUT2D eigenvalue weighted by Crippen LogP contribution is 2.34. The summed E-state index contributed by atoms with van der Waals surface area (Å²) in [6, 6.07) is 7.36. The molecular weight excluding hydrogens is 345 g/mol. The molecule has 0 saturated carbocycles. The average molecular weight is 358 g/mol. The molecule has 2 N–H and O–H groups in total. The first-order valence-corrected chi connectivity index (χ1v) is 7.63. The van der Waals surface area contributed by atoms with E-state index < -0.39 is 5.82 Å². The molecule has 1 aromatic heterocycles. The van der Waals surface area contributed by atoms with E-state index in [0.717, 1.165) is 0 Å². The second kappa shape index (κ2) is 7.21. The van der Waals surface area contributed by atoms with E-state index in [0.29, 0.717) is 22.4 Å². The summed E-state index contributed by atoms with van der Waals surface area (Å²) in [7, 11) is 0. The van der Waals surface area contributed by atoms with Crippen LogP contribution in [0.15, 0.2) is 55.0 Å². The van der Waals surface area contributed by atoms with Gasteiger partial charge in [-0.05, 0) is 30.3 Å². The predicted molar refractivity (Wildman–Crippen MR) is 95.1 cm³/mol. The molecule has 0 bridgehead atoms. The van der Waals surface area contributed by atoms with Gasteiger partial charge in [-0.3, -0.25) is 0 Å². The van der Waals surface area contributed by atoms with Crippen LogP contribution in [-0.2, 0) is 0 Å². The van der Waals surface area contributed by atoms with Gasteiger partial charge in [0.2, 0.25) is 0 Å². The molecule has 0 atom stereocenters. The molecular formula is C18H13ClFN3O2. The van der Waals surface area contributed by atoms with Crippen molar-refractivity contribution < 1.29 is 14.2 Å². The molecule has 7 heteroatoms. The van der Waals surface area contributed by atoms with E-state index >= 15 is 0 Å². The van der Waals surface area contributed by atoms with Crippen LogP contribution in [0.2, 0.25) is 5.02 Å². The number of halogens is 2. The Morgan fingerprint density at radius 1 is 1.32 bits per heavy atom. The quantitative estimate of drug-likeness (QED) is 0.654. The van der Waals surface area contributed by atoms with Gasteiger partial charge in [0, 0.05) is 17.1 Å². The van der Waals surface area contributed by atoms with E-state index in [4.69, 9.17) is 16.3 Å². The van der Waals surface area contributed by atoms with E-state index in [9.17, 15) is 9.50 Å². The van der Waals surface area contributed by atoms with Crippen LogP contribution in [0.4, 0.5) is 15.9 Å². The minimum Gasteiger partial charge on any atom is -0.504 e. The van der Waals surface area contributed by atoms with E-state index in [-0.39, 0.29) is 23.1 Å². The van der Waals surface area contributed by atoms with E-state index in [1.807, 2.05) is 0 Å². The first kappa shape index (κ1) is 16.8. The Bertz CT molecular complexity index is 987. The first-order valence-electron chi connectivity index (χ1n) is 7.25. The molecule has 1 heterocycles.